The second-order valence-electron chi connectivity index (χ2n) is 6.37. The Hall–Kier alpha value is -3.32. The van der Waals surface area contributed by atoms with Gasteiger partial charge >= 0.3 is 23.2 Å². The molecule has 1 aliphatic heterocycles. The Morgan fingerprint density at radius 2 is 1.93 bits per heavy atom. The molecule has 1 unspecified atom stereocenters. The van der Waals surface area contributed by atoms with Crippen LogP contribution in [0.25, 0.3) is 0 Å². The van der Waals surface area contributed by atoms with E-state index in [9.17, 15) is 27.9 Å². The van der Waals surface area contributed by atoms with Crippen molar-refractivity contribution < 1.29 is 32.4 Å². The number of nitriles is 1. The fraction of sp³-hybridized carbons (Fsp3) is 0.200. The molecule has 6 nitrogen and oxygen atoms in total. The van der Waals surface area contributed by atoms with E-state index in [-0.39, 0.29) is 22.1 Å². The number of amides is 1. The van der Waals surface area contributed by atoms with E-state index in [1.807, 2.05) is 0 Å². The first-order valence-corrected chi connectivity index (χ1v) is 9.82. The number of rotatable bonds is 3. The molecule has 2 aromatic rings. The topological polar surface area (TPSA) is 84.4 Å². The first-order chi connectivity index (χ1) is 14.1. The lowest BCUT2D eigenvalue weighted by atomic mass is 10.1. The highest BCUT2D eigenvalue weighted by Gasteiger charge is 2.48. The standard InChI is InChI=1S/C20H14F3N3O3S/c1-11-17(27)26(13-8-7-12(10-24)15(9-13)20(21,22)23)19(30-2)25(11)16-6-4-3-5-14(16)18(28)29/h3-9,11H,1-2H3/p+1. The first kappa shape index (κ1) is 21.4. The number of alkyl halides is 3. The zero-order chi connectivity index (χ0) is 22.2. The molecule has 1 N–H and O–H groups in total. The Labute approximate surface area is 173 Å². The van der Waals surface area contributed by atoms with Gasteiger partial charge in [-0.05, 0) is 55.3 Å². The quantitative estimate of drug-likeness (QED) is 0.733. The molecule has 0 bridgehead atoms. The van der Waals surface area contributed by atoms with Gasteiger partial charge in [-0.25, -0.2) is 14.5 Å². The summed E-state index contributed by atoms with van der Waals surface area (Å²) in [6.07, 6.45) is -3.14. The zero-order valence-electron chi connectivity index (χ0n) is 15.8. The van der Waals surface area contributed by atoms with Crippen LogP contribution in [0.4, 0.5) is 24.5 Å². The van der Waals surface area contributed by atoms with E-state index in [4.69, 9.17) is 5.26 Å². The Bertz CT molecular complexity index is 1120. The summed E-state index contributed by atoms with van der Waals surface area (Å²) in [5.41, 5.74) is -1.54. The molecule has 0 fully saturated rings. The van der Waals surface area contributed by atoms with Crippen molar-refractivity contribution in [1.82, 2.24) is 0 Å². The van der Waals surface area contributed by atoms with Crippen LogP contribution in [0, 0.1) is 11.3 Å². The number of carboxylic acid groups (broad SMARTS) is 1. The van der Waals surface area contributed by atoms with E-state index >= 15 is 0 Å². The fourth-order valence-corrected chi connectivity index (χ4v) is 4.10. The minimum absolute atomic E-state index is 0.0404. The summed E-state index contributed by atoms with van der Waals surface area (Å²) < 4.78 is 41.3. The second-order valence-corrected chi connectivity index (χ2v) is 7.14. The second kappa shape index (κ2) is 7.84. The number of thioether (sulfide) groups is 1. The van der Waals surface area contributed by atoms with E-state index in [1.54, 1.807) is 25.3 Å². The number of anilines is 1. The summed E-state index contributed by atoms with van der Waals surface area (Å²) in [6.45, 7) is 1.55. The summed E-state index contributed by atoms with van der Waals surface area (Å²) in [5.74, 6) is -1.71. The van der Waals surface area contributed by atoms with E-state index < -0.39 is 35.2 Å². The van der Waals surface area contributed by atoms with Gasteiger partial charge in [-0.1, -0.05) is 12.1 Å². The van der Waals surface area contributed by atoms with Crippen molar-refractivity contribution >= 4 is 40.2 Å². The van der Waals surface area contributed by atoms with Crippen molar-refractivity contribution in [3.05, 3.63) is 59.2 Å². The maximum atomic E-state index is 13.4. The van der Waals surface area contributed by atoms with Gasteiger partial charge in [0, 0.05) is 0 Å². The average molecular weight is 434 g/mol. The molecular weight excluding hydrogens is 419 g/mol. The molecular formula is C20H15F3N3O3S+. The number of hydrogen-bond acceptors (Lipinski definition) is 5. The maximum Gasteiger partial charge on any atom is 0.417 e. The fourth-order valence-electron chi connectivity index (χ4n) is 3.27. The normalized spacial score (nSPS) is 16.7. The Morgan fingerprint density at radius 3 is 2.50 bits per heavy atom. The van der Waals surface area contributed by atoms with Gasteiger partial charge in [0.1, 0.15) is 16.9 Å². The summed E-state index contributed by atoms with van der Waals surface area (Å²) in [7, 11) is 0. The summed E-state index contributed by atoms with van der Waals surface area (Å²) in [5, 5.41) is 18.8. The molecule has 154 valence electrons. The molecule has 30 heavy (non-hydrogen) atoms. The lowest BCUT2D eigenvalue weighted by Gasteiger charge is -2.16. The molecule has 1 atom stereocenters. The molecule has 0 saturated carbocycles. The molecule has 1 aliphatic rings. The molecule has 1 heterocycles. The molecule has 10 heteroatoms. The van der Waals surface area contributed by atoms with Crippen LogP contribution in [0.5, 0.6) is 0 Å². The van der Waals surface area contributed by atoms with Gasteiger partial charge < -0.3 is 5.11 Å². The van der Waals surface area contributed by atoms with Gasteiger partial charge in [0.25, 0.3) is 0 Å². The molecule has 0 aromatic heterocycles. The number of nitrogens with zero attached hydrogens (tertiary/aromatic N) is 3. The molecule has 2 aromatic carbocycles. The number of halogens is 3. The van der Waals surface area contributed by atoms with Gasteiger partial charge in [0.05, 0.1) is 17.2 Å². The molecule has 1 amide bonds. The highest BCUT2D eigenvalue weighted by atomic mass is 32.2. The Morgan fingerprint density at radius 1 is 1.27 bits per heavy atom. The van der Waals surface area contributed by atoms with Crippen molar-refractivity contribution in [2.24, 2.45) is 0 Å². The molecule has 0 radical (unpaired) electrons. The number of benzene rings is 2. The number of carbonyl (C=O) groups is 2. The number of carboxylic acids is 1. The number of para-hydroxylation sites is 1. The van der Waals surface area contributed by atoms with Crippen LogP contribution < -0.4 is 4.90 Å². The third kappa shape index (κ3) is 3.52. The van der Waals surface area contributed by atoms with Gasteiger partial charge in [-0.2, -0.15) is 23.0 Å². The predicted octanol–water partition coefficient (Wildman–Crippen LogP) is 4.07. The van der Waals surface area contributed by atoms with Crippen molar-refractivity contribution in [2.45, 2.75) is 19.1 Å². The Kier molecular flexibility index (Phi) is 5.59. The van der Waals surface area contributed by atoms with Gasteiger partial charge in [0.2, 0.25) is 6.04 Å². The van der Waals surface area contributed by atoms with Gasteiger partial charge in [-0.3, -0.25) is 0 Å². The molecule has 0 aliphatic carbocycles. The van der Waals surface area contributed by atoms with Gasteiger partial charge in [-0.15, -0.1) is 0 Å². The predicted molar refractivity (Wildman–Crippen MR) is 105 cm³/mol. The lowest BCUT2D eigenvalue weighted by Crippen LogP contribution is -2.35. The van der Waals surface area contributed by atoms with Crippen LogP contribution in [0.15, 0.2) is 42.5 Å². The summed E-state index contributed by atoms with van der Waals surface area (Å²) in [4.78, 5) is 26.1. The monoisotopic (exact) mass is 434 g/mol. The highest BCUT2D eigenvalue weighted by Crippen LogP contribution is 2.37. The average Bonchev–Trinajstić information content (AvgIpc) is 2.96. The largest absolute Gasteiger partial charge is 0.478 e. The molecule has 0 spiro atoms. The third-order valence-electron chi connectivity index (χ3n) is 4.63. The maximum absolute atomic E-state index is 13.4. The summed E-state index contributed by atoms with van der Waals surface area (Å²) in [6, 6.07) is 9.78. The van der Waals surface area contributed by atoms with Crippen molar-refractivity contribution in [3.8, 4) is 6.07 Å². The number of hydrogen-bond donors (Lipinski definition) is 1. The minimum Gasteiger partial charge on any atom is -0.478 e. The SMILES string of the molecule is CSC1=[N+](c2ccc(C#N)c(C(F)(F)F)c2)C(=O)C(C)N1c1ccccc1C(=O)O. The number of amidine groups is 1. The molecule has 0 saturated heterocycles. The van der Waals surface area contributed by atoms with Crippen LogP contribution in [0.2, 0.25) is 0 Å². The van der Waals surface area contributed by atoms with Crippen molar-refractivity contribution in [3.63, 3.8) is 0 Å². The van der Waals surface area contributed by atoms with Crippen LogP contribution in [-0.2, 0) is 11.0 Å². The van der Waals surface area contributed by atoms with Crippen LogP contribution in [0.3, 0.4) is 0 Å². The van der Waals surface area contributed by atoms with E-state index in [2.05, 4.69) is 0 Å². The van der Waals surface area contributed by atoms with Crippen LogP contribution >= 0.6 is 11.8 Å². The number of carbonyl (C=O) groups excluding carboxylic acids is 1. The van der Waals surface area contributed by atoms with E-state index in [1.165, 1.54) is 29.2 Å². The van der Waals surface area contributed by atoms with Crippen LogP contribution in [0.1, 0.15) is 28.4 Å². The van der Waals surface area contributed by atoms with Crippen molar-refractivity contribution in [1.29, 1.82) is 5.26 Å². The smallest absolute Gasteiger partial charge is 0.417 e. The van der Waals surface area contributed by atoms with E-state index in [0.717, 1.165) is 28.5 Å². The minimum atomic E-state index is -4.77. The molecule has 3 rings (SSSR count). The Balaban J connectivity index is 2.25. The van der Waals surface area contributed by atoms with Gasteiger partial charge in [0.15, 0.2) is 0 Å². The first-order valence-electron chi connectivity index (χ1n) is 8.59. The third-order valence-corrected chi connectivity index (χ3v) is 5.37. The van der Waals surface area contributed by atoms with Crippen molar-refractivity contribution in [2.75, 3.05) is 11.2 Å². The highest BCUT2D eigenvalue weighted by molar-refractivity contribution is 8.13. The zero-order valence-corrected chi connectivity index (χ0v) is 16.6. The number of aromatic carboxylic acids is 1. The van der Waals surface area contributed by atoms with Crippen LogP contribution in [-0.4, -0.2) is 39.0 Å². The van der Waals surface area contributed by atoms with E-state index in [0.29, 0.717) is 0 Å². The lowest BCUT2D eigenvalue weighted by molar-refractivity contribution is -0.359. The summed E-state index contributed by atoms with van der Waals surface area (Å²) >= 11 is 1.10.